The first-order valence-electron chi connectivity index (χ1n) is 5.99. The number of hydrogen-bond acceptors (Lipinski definition) is 2. The molecule has 2 aromatic rings. The third-order valence-electron chi connectivity index (χ3n) is 2.72. The summed E-state index contributed by atoms with van der Waals surface area (Å²) < 4.78 is 41.5. The molecule has 0 spiro atoms. The first kappa shape index (κ1) is 13.5. The molecule has 6 heteroatoms. The molecule has 0 amide bonds. The number of imidazole rings is 1. The van der Waals surface area contributed by atoms with Crippen molar-refractivity contribution in [2.24, 2.45) is 0 Å². The molecule has 0 aliphatic carbocycles. The summed E-state index contributed by atoms with van der Waals surface area (Å²) >= 11 is 0. The van der Waals surface area contributed by atoms with Crippen molar-refractivity contribution in [2.45, 2.75) is 26.4 Å². The van der Waals surface area contributed by atoms with E-state index in [1.165, 1.54) is 0 Å². The van der Waals surface area contributed by atoms with E-state index < -0.39 is 17.5 Å². The summed E-state index contributed by atoms with van der Waals surface area (Å²) in [6, 6.07) is 1.30. The fourth-order valence-corrected chi connectivity index (χ4v) is 1.83. The Hall–Kier alpha value is -1.98. The molecular formula is C13H14F3N3. The van der Waals surface area contributed by atoms with Gasteiger partial charge >= 0.3 is 0 Å². The molecule has 0 aliphatic rings. The maximum atomic E-state index is 13.4. The molecule has 3 nitrogen and oxygen atoms in total. The van der Waals surface area contributed by atoms with Crippen molar-refractivity contribution in [2.75, 3.05) is 5.32 Å². The number of halogens is 3. The number of nitrogens with zero attached hydrogens (tertiary/aromatic N) is 2. The Morgan fingerprint density at radius 3 is 2.53 bits per heavy atom. The Morgan fingerprint density at radius 1 is 1.21 bits per heavy atom. The zero-order chi connectivity index (χ0) is 13.8. The van der Waals surface area contributed by atoms with Crippen LogP contribution in [0.1, 0.15) is 19.0 Å². The largest absolute Gasteiger partial charge is 0.375 e. The summed E-state index contributed by atoms with van der Waals surface area (Å²) in [6.45, 7) is 3.03. The minimum Gasteiger partial charge on any atom is -0.375 e. The third kappa shape index (κ3) is 3.07. The van der Waals surface area contributed by atoms with E-state index in [1.54, 1.807) is 12.5 Å². The van der Waals surface area contributed by atoms with Crippen LogP contribution in [-0.4, -0.2) is 9.55 Å². The second kappa shape index (κ2) is 5.77. The third-order valence-corrected chi connectivity index (χ3v) is 2.72. The number of benzene rings is 1. The number of hydrogen-bond donors (Lipinski definition) is 1. The Bertz CT molecular complexity index is 543. The van der Waals surface area contributed by atoms with Crippen LogP contribution in [-0.2, 0) is 13.1 Å². The van der Waals surface area contributed by atoms with E-state index in [-0.39, 0.29) is 12.2 Å². The lowest BCUT2D eigenvalue weighted by molar-refractivity contribution is 0.546. The van der Waals surface area contributed by atoms with Crippen LogP contribution in [0.5, 0.6) is 0 Å². The molecular weight excluding hydrogens is 255 g/mol. The highest BCUT2D eigenvalue weighted by Gasteiger charge is 2.11. The quantitative estimate of drug-likeness (QED) is 0.902. The summed E-state index contributed by atoms with van der Waals surface area (Å²) in [7, 11) is 0. The summed E-state index contributed by atoms with van der Waals surface area (Å²) in [6.07, 6.45) is 4.22. The van der Waals surface area contributed by atoms with E-state index in [0.29, 0.717) is 12.1 Å². The van der Waals surface area contributed by atoms with Crippen LogP contribution in [0.25, 0.3) is 0 Å². The average molecular weight is 269 g/mol. The van der Waals surface area contributed by atoms with Gasteiger partial charge < -0.3 is 9.88 Å². The van der Waals surface area contributed by atoms with Crippen LogP contribution >= 0.6 is 0 Å². The minimum absolute atomic E-state index is 0.222. The molecule has 1 heterocycles. The van der Waals surface area contributed by atoms with Gasteiger partial charge in [-0.05, 0) is 6.42 Å². The van der Waals surface area contributed by atoms with Gasteiger partial charge in [0.2, 0.25) is 0 Å². The van der Waals surface area contributed by atoms with Gasteiger partial charge in [0.1, 0.15) is 11.5 Å². The minimum atomic E-state index is -0.945. The number of rotatable bonds is 5. The van der Waals surface area contributed by atoms with Gasteiger partial charge in [-0.15, -0.1) is 0 Å². The summed E-state index contributed by atoms with van der Waals surface area (Å²) in [5.41, 5.74) is 0.482. The molecule has 0 bridgehead atoms. The highest BCUT2D eigenvalue weighted by Crippen LogP contribution is 2.20. The van der Waals surface area contributed by atoms with Crippen LogP contribution in [0, 0.1) is 17.5 Å². The standard InChI is InChI=1S/C13H14F3N3/c1-2-3-19-8-17-6-10(19)7-18-13-11(15)4-9(14)5-12(13)16/h4-6,8,18H,2-3,7H2,1H3. The molecule has 102 valence electrons. The lowest BCUT2D eigenvalue weighted by Crippen LogP contribution is -2.09. The van der Waals surface area contributed by atoms with Gasteiger partial charge in [0.25, 0.3) is 0 Å². The Balaban J connectivity index is 2.12. The van der Waals surface area contributed by atoms with Crippen LogP contribution in [0.2, 0.25) is 0 Å². The number of aromatic nitrogens is 2. The number of anilines is 1. The molecule has 1 aromatic heterocycles. The molecule has 0 unspecified atom stereocenters. The molecule has 1 aromatic carbocycles. The van der Waals surface area contributed by atoms with Gasteiger partial charge in [0.15, 0.2) is 11.6 Å². The fraction of sp³-hybridized carbons (Fsp3) is 0.308. The van der Waals surface area contributed by atoms with Crippen molar-refractivity contribution in [3.05, 3.63) is 47.8 Å². The van der Waals surface area contributed by atoms with Gasteiger partial charge in [-0.2, -0.15) is 0 Å². The normalized spacial score (nSPS) is 10.7. The van der Waals surface area contributed by atoms with E-state index in [9.17, 15) is 13.2 Å². The zero-order valence-electron chi connectivity index (χ0n) is 10.5. The summed E-state index contributed by atoms with van der Waals surface area (Å²) in [5, 5.41) is 2.63. The molecule has 0 saturated carbocycles. The van der Waals surface area contributed by atoms with Crippen LogP contribution < -0.4 is 5.32 Å². The van der Waals surface area contributed by atoms with Gasteiger partial charge in [0, 0.05) is 24.9 Å². The second-order valence-corrected chi connectivity index (χ2v) is 4.18. The second-order valence-electron chi connectivity index (χ2n) is 4.18. The molecule has 0 saturated heterocycles. The maximum Gasteiger partial charge on any atom is 0.152 e. The molecule has 0 atom stereocenters. The average Bonchev–Trinajstić information content (AvgIpc) is 2.76. The molecule has 19 heavy (non-hydrogen) atoms. The highest BCUT2D eigenvalue weighted by atomic mass is 19.1. The van der Waals surface area contributed by atoms with Gasteiger partial charge in [-0.3, -0.25) is 0 Å². The Kier molecular flexibility index (Phi) is 4.09. The van der Waals surface area contributed by atoms with Crippen molar-refractivity contribution >= 4 is 5.69 Å². The maximum absolute atomic E-state index is 13.4. The monoisotopic (exact) mass is 269 g/mol. The van der Waals surface area contributed by atoms with Crippen molar-refractivity contribution in [3.63, 3.8) is 0 Å². The highest BCUT2D eigenvalue weighted by molar-refractivity contribution is 5.46. The number of nitrogens with one attached hydrogen (secondary N) is 1. The van der Waals surface area contributed by atoms with E-state index in [1.807, 2.05) is 11.5 Å². The zero-order valence-corrected chi connectivity index (χ0v) is 10.5. The van der Waals surface area contributed by atoms with E-state index in [4.69, 9.17) is 0 Å². The predicted octanol–water partition coefficient (Wildman–Crippen LogP) is 3.32. The van der Waals surface area contributed by atoms with Crippen molar-refractivity contribution in [1.82, 2.24) is 9.55 Å². The molecule has 0 fully saturated rings. The van der Waals surface area contributed by atoms with Gasteiger partial charge in [0.05, 0.1) is 18.6 Å². The lowest BCUT2D eigenvalue weighted by Gasteiger charge is -2.10. The smallest absolute Gasteiger partial charge is 0.152 e. The number of aryl methyl sites for hydroxylation is 1. The van der Waals surface area contributed by atoms with E-state index >= 15 is 0 Å². The van der Waals surface area contributed by atoms with Crippen LogP contribution in [0.3, 0.4) is 0 Å². The van der Waals surface area contributed by atoms with E-state index in [0.717, 1.165) is 18.7 Å². The summed E-state index contributed by atoms with van der Waals surface area (Å²) in [5.74, 6) is -2.82. The van der Waals surface area contributed by atoms with Crippen molar-refractivity contribution < 1.29 is 13.2 Å². The summed E-state index contributed by atoms with van der Waals surface area (Å²) in [4.78, 5) is 3.99. The van der Waals surface area contributed by atoms with Crippen LogP contribution in [0.15, 0.2) is 24.7 Å². The van der Waals surface area contributed by atoms with Gasteiger partial charge in [-0.25, -0.2) is 18.2 Å². The Labute approximate surface area is 109 Å². The SMILES string of the molecule is CCCn1cncc1CNc1c(F)cc(F)cc1F. The molecule has 0 aliphatic heterocycles. The predicted molar refractivity (Wildman–Crippen MR) is 66.2 cm³/mol. The molecule has 0 radical (unpaired) electrons. The lowest BCUT2D eigenvalue weighted by atomic mass is 10.2. The fourth-order valence-electron chi connectivity index (χ4n) is 1.83. The molecule has 2 rings (SSSR count). The molecule has 1 N–H and O–H groups in total. The topological polar surface area (TPSA) is 29.9 Å². The van der Waals surface area contributed by atoms with Gasteiger partial charge in [-0.1, -0.05) is 6.92 Å². The van der Waals surface area contributed by atoms with E-state index in [2.05, 4.69) is 10.3 Å². The Morgan fingerprint density at radius 2 is 1.89 bits per heavy atom. The van der Waals surface area contributed by atoms with Crippen LogP contribution in [0.4, 0.5) is 18.9 Å². The van der Waals surface area contributed by atoms with Crippen molar-refractivity contribution in [1.29, 1.82) is 0 Å². The first-order chi connectivity index (χ1) is 9.11. The van der Waals surface area contributed by atoms with Crippen molar-refractivity contribution in [3.8, 4) is 0 Å². The first-order valence-corrected chi connectivity index (χ1v) is 5.99.